The number of sulfonamides is 1. The number of hydrogen-bond donors (Lipinski definition) is 2. The van der Waals surface area contributed by atoms with Gasteiger partial charge in [0.15, 0.2) is 0 Å². The standard InChI is InChI=1S/C11H16N2O4S/c12-18(15,16)9-6-10(13-7-9)11(14)17-5-4-8-2-1-3-8/h6-8,13H,1-5H2,(H2,12,15,16). The highest BCUT2D eigenvalue weighted by Crippen LogP contribution is 2.29. The molecule has 0 saturated heterocycles. The maximum absolute atomic E-state index is 11.6. The number of H-pyrrole nitrogens is 1. The number of esters is 1. The highest BCUT2D eigenvalue weighted by molar-refractivity contribution is 7.89. The predicted octanol–water partition coefficient (Wildman–Crippen LogP) is 1.01. The van der Waals surface area contributed by atoms with Gasteiger partial charge in [0.25, 0.3) is 0 Å². The van der Waals surface area contributed by atoms with Crippen molar-refractivity contribution in [3.8, 4) is 0 Å². The molecule has 18 heavy (non-hydrogen) atoms. The van der Waals surface area contributed by atoms with Crippen molar-refractivity contribution >= 4 is 16.0 Å². The normalized spacial score (nSPS) is 16.3. The summed E-state index contributed by atoms with van der Waals surface area (Å²) >= 11 is 0. The van der Waals surface area contributed by atoms with E-state index in [0.717, 1.165) is 6.42 Å². The van der Waals surface area contributed by atoms with Gasteiger partial charge in [0.05, 0.1) is 6.61 Å². The van der Waals surface area contributed by atoms with E-state index in [4.69, 9.17) is 9.88 Å². The van der Waals surface area contributed by atoms with Crippen LogP contribution in [0.25, 0.3) is 0 Å². The molecule has 1 heterocycles. The minimum atomic E-state index is -3.78. The van der Waals surface area contributed by atoms with Crippen molar-refractivity contribution in [1.82, 2.24) is 4.98 Å². The molecule has 1 aliphatic rings. The molecule has 1 fully saturated rings. The number of nitrogens with one attached hydrogen (secondary N) is 1. The Balaban J connectivity index is 1.86. The first-order valence-electron chi connectivity index (χ1n) is 5.85. The van der Waals surface area contributed by atoms with E-state index in [1.165, 1.54) is 31.5 Å². The summed E-state index contributed by atoms with van der Waals surface area (Å²) in [6.45, 7) is 0.368. The van der Waals surface area contributed by atoms with Gasteiger partial charge in [-0.05, 0) is 18.4 Å². The molecule has 0 aliphatic heterocycles. The smallest absolute Gasteiger partial charge is 0.354 e. The average molecular weight is 272 g/mol. The molecule has 0 spiro atoms. The quantitative estimate of drug-likeness (QED) is 0.781. The summed E-state index contributed by atoms with van der Waals surface area (Å²) < 4.78 is 27.1. The first-order chi connectivity index (χ1) is 8.47. The lowest BCUT2D eigenvalue weighted by atomic mass is 9.83. The molecule has 0 bridgehead atoms. The molecule has 0 atom stereocenters. The molecule has 1 aliphatic carbocycles. The molecule has 1 aromatic heterocycles. The van der Waals surface area contributed by atoms with Gasteiger partial charge in [0.2, 0.25) is 10.0 Å². The predicted molar refractivity (Wildman–Crippen MR) is 64.4 cm³/mol. The zero-order valence-corrected chi connectivity index (χ0v) is 10.7. The summed E-state index contributed by atoms with van der Waals surface area (Å²) in [6.07, 6.45) is 5.71. The van der Waals surface area contributed by atoms with E-state index in [1.54, 1.807) is 0 Å². The van der Waals surface area contributed by atoms with Crippen LogP contribution in [0.2, 0.25) is 0 Å². The Morgan fingerprint density at radius 2 is 2.22 bits per heavy atom. The molecule has 1 aromatic rings. The molecule has 1 saturated carbocycles. The van der Waals surface area contributed by atoms with Crippen LogP contribution in [0.4, 0.5) is 0 Å². The Kier molecular flexibility index (Phi) is 3.72. The van der Waals surface area contributed by atoms with Gasteiger partial charge in [-0.15, -0.1) is 0 Å². The first-order valence-corrected chi connectivity index (χ1v) is 7.40. The number of nitrogens with two attached hydrogens (primary N) is 1. The van der Waals surface area contributed by atoms with Crippen LogP contribution in [0.15, 0.2) is 17.2 Å². The summed E-state index contributed by atoms with van der Waals surface area (Å²) in [5.74, 6) is 0.116. The third-order valence-electron chi connectivity index (χ3n) is 3.19. The highest BCUT2D eigenvalue weighted by atomic mass is 32.2. The number of aromatic nitrogens is 1. The number of primary sulfonamides is 1. The number of carbonyl (C=O) groups excluding carboxylic acids is 1. The molecule has 0 unspecified atom stereocenters. The van der Waals surface area contributed by atoms with Crippen LogP contribution >= 0.6 is 0 Å². The van der Waals surface area contributed by atoms with E-state index >= 15 is 0 Å². The summed E-state index contributed by atoms with van der Waals surface area (Å²) in [6, 6.07) is 1.18. The number of rotatable bonds is 5. The maximum atomic E-state index is 11.6. The molecule has 0 radical (unpaired) electrons. The van der Waals surface area contributed by atoms with Gasteiger partial charge >= 0.3 is 5.97 Å². The Labute approximate surface area is 106 Å². The van der Waals surface area contributed by atoms with E-state index in [2.05, 4.69) is 4.98 Å². The van der Waals surface area contributed by atoms with Crippen molar-refractivity contribution in [3.63, 3.8) is 0 Å². The highest BCUT2D eigenvalue weighted by Gasteiger charge is 2.19. The number of aromatic amines is 1. The van der Waals surface area contributed by atoms with Crippen molar-refractivity contribution in [2.45, 2.75) is 30.6 Å². The molecule has 7 heteroatoms. The van der Waals surface area contributed by atoms with Crippen LogP contribution in [-0.4, -0.2) is 26.0 Å². The Morgan fingerprint density at radius 1 is 1.50 bits per heavy atom. The van der Waals surface area contributed by atoms with Gasteiger partial charge < -0.3 is 9.72 Å². The maximum Gasteiger partial charge on any atom is 0.354 e. The molecule has 2 rings (SSSR count). The number of carbonyl (C=O) groups is 1. The molecule has 100 valence electrons. The van der Waals surface area contributed by atoms with Gasteiger partial charge in [0.1, 0.15) is 10.6 Å². The zero-order valence-electron chi connectivity index (χ0n) is 9.89. The van der Waals surface area contributed by atoms with Gasteiger partial charge in [0, 0.05) is 6.20 Å². The molecule has 0 aromatic carbocycles. The summed E-state index contributed by atoms with van der Waals surface area (Å²) in [5.41, 5.74) is 0.104. The van der Waals surface area contributed by atoms with Crippen LogP contribution < -0.4 is 5.14 Å². The summed E-state index contributed by atoms with van der Waals surface area (Å²) in [4.78, 5) is 14.0. The second-order valence-corrected chi connectivity index (χ2v) is 6.08. The van der Waals surface area contributed by atoms with Crippen LogP contribution in [0.5, 0.6) is 0 Å². The average Bonchev–Trinajstić information content (AvgIpc) is 2.69. The van der Waals surface area contributed by atoms with Crippen LogP contribution in [0.1, 0.15) is 36.2 Å². The molecule has 3 N–H and O–H groups in total. The van der Waals surface area contributed by atoms with E-state index in [9.17, 15) is 13.2 Å². The van der Waals surface area contributed by atoms with Crippen LogP contribution in [0, 0.1) is 5.92 Å². The van der Waals surface area contributed by atoms with E-state index < -0.39 is 16.0 Å². The Morgan fingerprint density at radius 3 is 2.72 bits per heavy atom. The second kappa shape index (κ2) is 5.11. The lowest BCUT2D eigenvalue weighted by Gasteiger charge is -2.24. The second-order valence-electron chi connectivity index (χ2n) is 4.52. The van der Waals surface area contributed by atoms with Crippen molar-refractivity contribution in [3.05, 3.63) is 18.0 Å². The fraction of sp³-hybridized carbons (Fsp3) is 0.545. The first kappa shape index (κ1) is 13.1. The van der Waals surface area contributed by atoms with Gasteiger partial charge in [-0.2, -0.15) is 0 Å². The minimum absolute atomic E-state index is 0.104. The van der Waals surface area contributed by atoms with E-state index in [-0.39, 0.29) is 10.6 Å². The number of ether oxygens (including phenoxy) is 1. The lowest BCUT2D eigenvalue weighted by molar-refractivity contribution is 0.0458. The Bertz CT molecular complexity index is 531. The summed E-state index contributed by atoms with van der Waals surface area (Å²) in [5, 5.41) is 4.94. The fourth-order valence-electron chi connectivity index (χ4n) is 1.83. The van der Waals surface area contributed by atoms with Gasteiger partial charge in [-0.1, -0.05) is 19.3 Å². The van der Waals surface area contributed by atoms with Crippen molar-refractivity contribution in [2.24, 2.45) is 11.1 Å². The third kappa shape index (κ3) is 3.11. The van der Waals surface area contributed by atoms with E-state index in [0.29, 0.717) is 12.5 Å². The van der Waals surface area contributed by atoms with Crippen LogP contribution in [-0.2, 0) is 14.8 Å². The minimum Gasteiger partial charge on any atom is -0.461 e. The van der Waals surface area contributed by atoms with Crippen molar-refractivity contribution in [2.75, 3.05) is 6.61 Å². The monoisotopic (exact) mass is 272 g/mol. The molecular weight excluding hydrogens is 256 g/mol. The van der Waals surface area contributed by atoms with Gasteiger partial charge in [-0.25, -0.2) is 18.4 Å². The Hall–Kier alpha value is -1.34. The molecule has 0 amide bonds. The summed E-state index contributed by atoms with van der Waals surface area (Å²) in [7, 11) is -3.78. The zero-order chi connectivity index (χ0) is 13.2. The van der Waals surface area contributed by atoms with Crippen molar-refractivity contribution in [1.29, 1.82) is 0 Å². The molecule has 6 nitrogen and oxygen atoms in total. The largest absolute Gasteiger partial charge is 0.461 e. The fourth-order valence-corrected chi connectivity index (χ4v) is 2.34. The topological polar surface area (TPSA) is 102 Å². The van der Waals surface area contributed by atoms with Gasteiger partial charge in [-0.3, -0.25) is 0 Å². The lowest BCUT2D eigenvalue weighted by Crippen LogP contribution is -2.15. The SMILES string of the molecule is NS(=O)(=O)c1c[nH]c(C(=O)OCCC2CCC2)c1. The van der Waals surface area contributed by atoms with E-state index in [1.807, 2.05) is 0 Å². The van der Waals surface area contributed by atoms with Crippen molar-refractivity contribution < 1.29 is 17.9 Å². The van der Waals surface area contributed by atoms with Crippen LogP contribution in [0.3, 0.4) is 0 Å². The number of hydrogen-bond acceptors (Lipinski definition) is 4. The molecular formula is C11H16N2O4S. The third-order valence-corrected chi connectivity index (χ3v) is 4.08.